The molecule has 16 saturated carbocycles. The van der Waals surface area contributed by atoms with Gasteiger partial charge in [0.2, 0.25) is 0 Å². The predicted octanol–water partition coefficient (Wildman–Crippen LogP) is 25.7. The number of ketones is 4. The van der Waals surface area contributed by atoms with Crippen molar-refractivity contribution in [1.29, 1.82) is 0 Å². The number of aromatic nitrogens is 9. The number of benzene rings is 3. The standard InChI is InChI=1S/3C29H40ClN3O2.C23H37BrO2.CH4/c1-4-29-15-14-27(2,35)16-18(29)8-9-19-20-10-11-22(28(20,3)13-12-21(19)29)25(34)17-33-24-7-5-6-23(30)26(24)31-32-33;1-4-29-15-14-27(2,35)16-18(29)8-9-19-20-10-11-22(28(20,3)13-12-21(19)29)25(34)17-33-26-23(30)6-5-7-24(26)31-32-33;1-4-29-15-14-27(2,35)16-18(29)8-9-19-20-10-11-22(28(20,3)13-12-21(19)29)25(34)17-33-31-24-7-5-6-23(30)26(24)32-33;1-4-23-12-11-21(2,26)13-15(23)5-6-16-17-7-8-19(20(25)14-24)22(17,3)10-9-18(16)23;/h3*5-7,18-22,35H,4,8-17H2,1-3H3;15-19,26H,4-14H2,1-3H3;1H4/t3*18-,19-,20-,21-,22+,27+,28-,29-;15-,16-,17-,18-,19+,21+,22-,23-;/m0000./s1. The Kier molecular flexibility index (Phi) is 27.0. The quantitative estimate of drug-likeness (QED) is 0.0699. The van der Waals surface area contributed by atoms with Gasteiger partial charge in [-0.25, -0.2) is 9.36 Å². The predicted molar refractivity (Wildman–Crippen MR) is 530 cm³/mol. The minimum Gasteiger partial charge on any atom is -0.390 e. The number of aliphatic hydroxyl groups is 4. The summed E-state index contributed by atoms with van der Waals surface area (Å²) in [6.45, 7) is 28.3. The molecule has 3 aromatic heterocycles. The highest BCUT2D eigenvalue weighted by molar-refractivity contribution is 9.09. The number of carbonyl (C=O) groups is 4. The van der Waals surface area contributed by atoms with E-state index in [2.05, 4.69) is 130 Å². The van der Waals surface area contributed by atoms with E-state index >= 15 is 0 Å². The van der Waals surface area contributed by atoms with Crippen molar-refractivity contribution in [2.24, 2.45) is 162 Å². The van der Waals surface area contributed by atoms with Crippen LogP contribution in [0.3, 0.4) is 0 Å². The van der Waals surface area contributed by atoms with Gasteiger partial charge in [0.25, 0.3) is 0 Å². The van der Waals surface area contributed by atoms with Gasteiger partial charge in [0.15, 0.2) is 17.3 Å². The maximum Gasteiger partial charge on any atom is 0.159 e. The molecule has 0 unspecified atom stereocenters. The Morgan fingerprint density at radius 1 is 0.356 bits per heavy atom. The Balaban J connectivity index is 0.000000118. The van der Waals surface area contributed by atoms with E-state index in [1.807, 2.05) is 54.6 Å². The van der Waals surface area contributed by atoms with Crippen LogP contribution in [0.5, 0.6) is 0 Å². The number of Topliss-reactive ketones (excluding diaryl/α,β-unsaturated/α-hetero) is 4. The molecule has 22 rings (SSSR count). The molecule has 0 amide bonds. The third kappa shape index (κ3) is 16.4. The molecule has 3 aromatic carbocycles. The molecule has 21 heteroatoms. The summed E-state index contributed by atoms with van der Waals surface area (Å²) in [5.74, 6) is 13.4. The van der Waals surface area contributed by atoms with Crippen LogP contribution in [-0.4, -0.2) is 116 Å². The Bertz CT molecular complexity index is 5240. The average molecular weight is 1940 g/mol. The highest BCUT2D eigenvalue weighted by Crippen LogP contribution is 2.75. The van der Waals surface area contributed by atoms with Gasteiger partial charge in [0.1, 0.15) is 53.0 Å². The molecular weight excluding hydrogens is 1770 g/mol. The van der Waals surface area contributed by atoms with Gasteiger partial charge >= 0.3 is 0 Å². The largest absolute Gasteiger partial charge is 0.390 e. The molecule has 17 nitrogen and oxygen atoms in total. The molecule has 132 heavy (non-hydrogen) atoms. The highest BCUT2D eigenvalue weighted by atomic mass is 79.9. The molecule has 16 aliphatic carbocycles. The first-order chi connectivity index (χ1) is 62.3. The summed E-state index contributed by atoms with van der Waals surface area (Å²) >= 11 is 22.4. The summed E-state index contributed by atoms with van der Waals surface area (Å²) in [4.78, 5) is 55.3. The maximum atomic E-state index is 13.7. The smallest absolute Gasteiger partial charge is 0.159 e. The molecule has 16 fully saturated rings. The van der Waals surface area contributed by atoms with Crippen LogP contribution in [0.25, 0.3) is 33.1 Å². The number of carbonyl (C=O) groups excluding carboxylic acids is 4. The molecule has 3 heterocycles. The molecular formula is C111H161BrCl3N9O8. The molecule has 0 radical (unpaired) electrons. The van der Waals surface area contributed by atoms with Crippen LogP contribution in [-0.2, 0) is 38.8 Å². The van der Waals surface area contributed by atoms with Crippen molar-refractivity contribution < 1.29 is 39.6 Å². The van der Waals surface area contributed by atoms with E-state index in [1.54, 1.807) is 14.2 Å². The van der Waals surface area contributed by atoms with Crippen LogP contribution < -0.4 is 0 Å². The Morgan fingerprint density at radius 2 is 0.682 bits per heavy atom. The van der Waals surface area contributed by atoms with Crippen molar-refractivity contribution in [2.45, 2.75) is 389 Å². The monoisotopic (exact) mass is 1930 g/mol. The van der Waals surface area contributed by atoms with E-state index < -0.39 is 22.4 Å². The molecule has 32 atom stereocenters. The molecule has 0 spiro atoms. The van der Waals surface area contributed by atoms with Gasteiger partial charge in [-0.05, 0) is 459 Å². The second-order valence-corrected chi connectivity index (χ2v) is 51.3. The van der Waals surface area contributed by atoms with Gasteiger partial charge in [0.05, 0.1) is 48.3 Å². The fourth-order valence-electron chi connectivity index (χ4n) is 37.9. The third-order valence-corrected chi connectivity index (χ3v) is 45.7. The normalized spacial score (nSPS) is 44.7. The zero-order valence-corrected chi connectivity index (χ0v) is 85.2. The molecule has 0 saturated heterocycles. The number of halogens is 4. The average Bonchev–Trinajstić information content (AvgIpc) is 1.44. The van der Waals surface area contributed by atoms with E-state index in [0.717, 1.165) is 172 Å². The zero-order valence-electron chi connectivity index (χ0n) is 81.3. The van der Waals surface area contributed by atoms with Crippen LogP contribution in [0.4, 0.5) is 0 Å². The topological polar surface area (TPSA) is 241 Å². The van der Waals surface area contributed by atoms with Crippen LogP contribution in [0.15, 0.2) is 54.6 Å². The van der Waals surface area contributed by atoms with Crippen molar-refractivity contribution in [3.8, 4) is 0 Å². The van der Waals surface area contributed by atoms with Gasteiger partial charge in [-0.2, -0.15) is 15.0 Å². The lowest BCUT2D eigenvalue weighted by Crippen LogP contribution is -2.56. The van der Waals surface area contributed by atoms with Crippen LogP contribution in [0.2, 0.25) is 15.1 Å². The van der Waals surface area contributed by atoms with Gasteiger partial charge in [0, 0.05) is 23.7 Å². The fourth-order valence-corrected chi connectivity index (χ4v) is 39.0. The lowest BCUT2D eigenvalue weighted by atomic mass is 9.42. The van der Waals surface area contributed by atoms with Gasteiger partial charge < -0.3 is 20.4 Å². The van der Waals surface area contributed by atoms with Crippen molar-refractivity contribution >= 4 is 107 Å². The Morgan fingerprint density at radius 3 is 1.05 bits per heavy atom. The van der Waals surface area contributed by atoms with E-state index in [4.69, 9.17) is 34.8 Å². The highest BCUT2D eigenvalue weighted by Gasteiger charge is 2.69. The van der Waals surface area contributed by atoms with Crippen LogP contribution in [0.1, 0.15) is 347 Å². The number of fused-ring (bicyclic) bond motifs is 23. The lowest BCUT2D eigenvalue weighted by Gasteiger charge is -2.63. The SMILES string of the molecule is C.CC[C@]12CC[C@@](C)(O)C[C@@H]1CC[C@H]1[C@@H]3CC[C@H](C(=O)CBr)[C@@]3(C)CC[C@@H]12.CC[C@]12CC[C@@](C)(O)C[C@@H]1CC[C@H]1[C@@H]3CC[C@H](C(=O)Cn4nc5cccc(Cl)c5n4)[C@@]3(C)CC[C@@H]12.CC[C@]12CC[C@@](C)(O)C[C@@H]1CC[C@H]1[C@@H]3CC[C@H](C(=O)Cn4nnc5c(Cl)cccc54)[C@@]3(C)CC[C@@H]12.CC[C@]12CC[C@@](C)(O)C[C@@H]1CC[C@H]1[C@@H]3CC[C@H](C(=O)Cn4nnc5cccc(Cl)c54)[C@@]3(C)CC[C@@H]12. The lowest BCUT2D eigenvalue weighted by molar-refractivity contribution is -0.158. The first-order valence-electron chi connectivity index (χ1n) is 52.8. The van der Waals surface area contributed by atoms with Crippen molar-refractivity contribution in [3.05, 3.63) is 69.7 Å². The van der Waals surface area contributed by atoms with E-state index in [0.29, 0.717) is 112 Å². The number of nitrogens with zero attached hydrogens (tertiary/aromatic N) is 9. The van der Waals surface area contributed by atoms with E-state index in [1.165, 1.54) is 161 Å². The second-order valence-electron chi connectivity index (χ2n) is 49.5. The molecule has 4 N–H and O–H groups in total. The van der Waals surface area contributed by atoms with Crippen LogP contribution >= 0.6 is 50.7 Å². The summed E-state index contributed by atoms with van der Waals surface area (Å²) in [6.07, 6.45) is 46.4. The molecule has 0 bridgehead atoms. The fraction of sp³-hybridized carbons (Fsp3) is 0.802. The summed E-state index contributed by atoms with van der Waals surface area (Å²) in [5, 5.41) is 71.6. The van der Waals surface area contributed by atoms with Crippen molar-refractivity contribution in [1.82, 2.24) is 45.0 Å². The molecule has 726 valence electrons. The molecule has 0 aliphatic heterocycles. The first kappa shape index (κ1) is 97.9. The number of para-hydroxylation sites is 1. The number of hydrogen-bond acceptors (Lipinski definition) is 14. The minimum atomic E-state index is -0.487. The third-order valence-electron chi connectivity index (χ3n) is 44.2. The maximum absolute atomic E-state index is 13.7. The first-order valence-corrected chi connectivity index (χ1v) is 55.1. The van der Waals surface area contributed by atoms with Gasteiger partial charge in [-0.1, -0.05) is 142 Å². The van der Waals surface area contributed by atoms with E-state index in [9.17, 15) is 39.6 Å². The Hall–Kier alpha value is -4.27. The summed E-state index contributed by atoms with van der Waals surface area (Å²) < 4.78 is 3.46. The summed E-state index contributed by atoms with van der Waals surface area (Å²) in [5.41, 5.74) is 4.69. The van der Waals surface area contributed by atoms with E-state index in [-0.39, 0.29) is 78.2 Å². The van der Waals surface area contributed by atoms with Gasteiger partial charge in [-0.3, -0.25) is 19.2 Å². The number of hydrogen-bond donors (Lipinski definition) is 4. The molecule has 16 aliphatic rings. The second kappa shape index (κ2) is 36.4. The van der Waals surface area contributed by atoms with Crippen molar-refractivity contribution in [2.75, 3.05) is 5.33 Å². The van der Waals surface area contributed by atoms with Crippen molar-refractivity contribution in [3.63, 3.8) is 0 Å². The van der Waals surface area contributed by atoms with Crippen LogP contribution in [0, 0.1) is 162 Å². The zero-order chi connectivity index (χ0) is 92.5. The van der Waals surface area contributed by atoms with Gasteiger partial charge in [-0.15, -0.1) is 10.2 Å². The number of rotatable bonds is 15. The molecule has 6 aromatic rings. The summed E-state index contributed by atoms with van der Waals surface area (Å²) in [7, 11) is 0. The summed E-state index contributed by atoms with van der Waals surface area (Å²) in [6, 6.07) is 16.9. The minimum absolute atomic E-state index is 0. The number of alkyl halides is 1. The Labute approximate surface area is 811 Å².